The van der Waals surface area contributed by atoms with Gasteiger partial charge in [-0.2, -0.15) is 0 Å². The molecule has 0 aromatic rings. The average Bonchev–Trinajstić information content (AvgIpc) is 2.36. The first-order valence-corrected chi connectivity index (χ1v) is 8.70. The van der Waals surface area contributed by atoms with Gasteiger partial charge in [-0.05, 0) is 36.0 Å². The van der Waals surface area contributed by atoms with E-state index >= 15 is 0 Å². The van der Waals surface area contributed by atoms with Crippen molar-refractivity contribution in [2.24, 2.45) is 29.6 Å². The number of fused-ring (bicyclic) bond motifs is 8. The summed E-state index contributed by atoms with van der Waals surface area (Å²) in [6, 6.07) is 0. The summed E-state index contributed by atoms with van der Waals surface area (Å²) < 4.78 is 0. The first-order chi connectivity index (χ1) is 8.70. The summed E-state index contributed by atoms with van der Waals surface area (Å²) in [7, 11) is 0. The van der Waals surface area contributed by atoms with Gasteiger partial charge in [0.1, 0.15) is 0 Å². The largest absolute Gasteiger partial charge is 0.0654 e. The highest BCUT2D eigenvalue weighted by molar-refractivity contribution is 4.81. The van der Waals surface area contributed by atoms with Crippen LogP contribution in [0.5, 0.6) is 0 Å². The van der Waals surface area contributed by atoms with Crippen molar-refractivity contribution >= 4 is 0 Å². The molecule has 3 rings (SSSR count). The van der Waals surface area contributed by atoms with Gasteiger partial charge in [-0.1, -0.05) is 78.6 Å². The normalized spacial score (nSPS) is 42.5. The molecule has 0 amide bonds. The fraction of sp³-hybridized carbons (Fsp3) is 1.00. The fourth-order valence-electron chi connectivity index (χ4n) is 4.73. The molecule has 0 aromatic carbocycles. The highest BCUT2D eigenvalue weighted by atomic mass is 14.4. The SMILES string of the molecule is CCCC1CCC2CCC(C)C(CC1)C(C)CC2. The van der Waals surface area contributed by atoms with E-state index in [1.165, 1.54) is 64.2 Å². The third-order valence-corrected chi connectivity index (χ3v) is 6.11. The van der Waals surface area contributed by atoms with Gasteiger partial charge in [0, 0.05) is 0 Å². The summed E-state index contributed by atoms with van der Waals surface area (Å²) in [5.41, 5.74) is 0. The Hall–Kier alpha value is 0. The Balaban J connectivity index is 2.05. The van der Waals surface area contributed by atoms with Gasteiger partial charge in [0.05, 0.1) is 0 Å². The monoisotopic (exact) mass is 250 g/mol. The molecule has 0 heterocycles. The van der Waals surface area contributed by atoms with Crippen LogP contribution in [0.2, 0.25) is 0 Å². The van der Waals surface area contributed by atoms with Crippen LogP contribution in [0.3, 0.4) is 0 Å². The molecule has 3 saturated carbocycles. The predicted molar refractivity (Wildman–Crippen MR) is 80.6 cm³/mol. The van der Waals surface area contributed by atoms with Crippen LogP contribution < -0.4 is 0 Å². The maximum atomic E-state index is 2.54. The van der Waals surface area contributed by atoms with E-state index in [1.807, 2.05) is 0 Å². The Morgan fingerprint density at radius 1 is 0.722 bits per heavy atom. The molecular weight excluding hydrogens is 216 g/mol. The zero-order valence-corrected chi connectivity index (χ0v) is 13.0. The molecule has 106 valence electrons. The number of hydrogen-bond acceptors (Lipinski definition) is 0. The Labute approximate surface area is 115 Å². The molecule has 0 nitrogen and oxygen atoms in total. The van der Waals surface area contributed by atoms with Crippen LogP contribution in [-0.2, 0) is 0 Å². The van der Waals surface area contributed by atoms with Gasteiger partial charge in [-0.25, -0.2) is 0 Å². The van der Waals surface area contributed by atoms with Crippen LogP contribution in [0.1, 0.15) is 85.0 Å². The van der Waals surface area contributed by atoms with Crippen molar-refractivity contribution in [2.75, 3.05) is 0 Å². The highest BCUT2D eigenvalue weighted by Gasteiger charge is 2.29. The highest BCUT2D eigenvalue weighted by Crippen LogP contribution is 2.41. The molecule has 0 heteroatoms. The van der Waals surface area contributed by atoms with Crippen LogP contribution >= 0.6 is 0 Å². The van der Waals surface area contributed by atoms with Crippen LogP contribution in [0.15, 0.2) is 0 Å². The molecular formula is C18H34. The zero-order valence-electron chi connectivity index (χ0n) is 13.0. The lowest BCUT2D eigenvalue weighted by molar-refractivity contribution is 0.139. The molecule has 3 aliphatic rings. The topological polar surface area (TPSA) is 0 Å². The summed E-state index contributed by atoms with van der Waals surface area (Å²) in [6.45, 7) is 7.45. The molecule has 0 spiro atoms. The van der Waals surface area contributed by atoms with E-state index in [-0.39, 0.29) is 0 Å². The summed E-state index contributed by atoms with van der Waals surface area (Å²) in [5, 5.41) is 0. The van der Waals surface area contributed by atoms with Gasteiger partial charge in [-0.3, -0.25) is 0 Å². The average molecular weight is 250 g/mol. The van der Waals surface area contributed by atoms with E-state index in [1.54, 1.807) is 0 Å². The standard InChI is InChI=1S/C18H34/c1-4-5-16-10-11-17-8-6-14(2)18(13-12-16)15(3)7-9-17/h14-18H,4-13H2,1-3H3. The number of hydrogen-bond donors (Lipinski definition) is 0. The minimum Gasteiger partial charge on any atom is -0.0654 e. The summed E-state index contributed by atoms with van der Waals surface area (Å²) in [5.74, 6) is 5.12. The Morgan fingerprint density at radius 2 is 1.28 bits per heavy atom. The lowest BCUT2D eigenvalue weighted by Crippen LogP contribution is -2.26. The van der Waals surface area contributed by atoms with E-state index < -0.39 is 0 Å². The molecule has 0 radical (unpaired) electrons. The molecule has 0 saturated heterocycles. The third kappa shape index (κ3) is 3.75. The van der Waals surface area contributed by atoms with Crippen molar-refractivity contribution in [3.8, 4) is 0 Å². The molecule has 3 atom stereocenters. The second-order valence-electron chi connectivity index (χ2n) is 7.45. The molecule has 3 unspecified atom stereocenters. The first-order valence-electron chi connectivity index (χ1n) is 8.70. The fourth-order valence-corrected chi connectivity index (χ4v) is 4.73. The summed E-state index contributed by atoms with van der Waals surface area (Å²) >= 11 is 0. The van der Waals surface area contributed by atoms with Crippen LogP contribution in [-0.4, -0.2) is 0 Å². The van der Waals surface area contributed by atoms with E-state index in [0.29, 0.717) is 0 Å². The van der Waals surface area contributed by atoms with Crippen LogP contribution in [0, 0.1) is 29.6 Å². The molecule has 3 aliphatic carbocycles. The minimum atomic E-state index is 0.989. The van der Waals surface area contributed by atoms with E-state index in [2.05, 4.69) is 20.8 Å². The van der Waals surface area contributed by atoms with Gasteiger partial charge >= 0.3 is 0 Å². The van der Waals surface area contributed by atoms with Crippen molar-refractivity contribution < 1.29 is 0 Å². The first kappa shape index (κ1) is 14.4. The van der Waals surface area contributed by atoms with Crippen molar-refractivity contribution in [1.29, 1.82) is 0 Å². The lowest BCUT2D eigenvalue weighted by atomic mass is 9.69. The Kier molecular flexibility index (Phi) is 5.57. The molecule has 0 aromatic heterocycles. The molecule has 0 N–H and O–H groups in total. The van der Waals surface area contributed by atoms with E-state index in [4.69, 9.17) is 0 Å². The van der Waals surface area contributed by atoms with E-state index in [0.717, 1.165) is 29.6 Å². The van der Waals surface area contributed by atoms with Gasteiger partial charge in [0.2, 0.25) is 0 Å². The molecule has 2 bridgehead atoms. The molecule has 0 aliphatic heterocycles. The molecule has 18 heavy (non-hydrogen) atoms. The van der Waals surface area contributed by atoms with Crippen molar-refractivity contribution in [1.82, 2.24) is 0 Å². The summed E-state index contributed by atoms with van der Waals surface area (Å²) in [6.07, 6.45) is 15.1. The quantitative estimate of drug-likeness (QED) is 0.559. The predicted octanol–water partition coefficient (Wildman–Crippen LogP) is 6.06. The number of rotatable bonds is 2. The van der Waals surface area contributed by atoms with Gasteiger partial charge in [0.25, 0.3) is 0 Å². The third-order valence-electron chi connectivity index (χ3n) is 6.11. The smallest absolute Gasteiger partial charge is 0.0363 e. The van der Waals surface area contributed by atoms with Crippen LogP contribution in [0.4, 0.5) is 0 Å². The minimum absolute atomic E-state index is 0.989. The second kappa shape index (κ2) is 6.96. The Morgan fingerprint density at radius 3 is 1.89 bits per heavy atom. The van der Waals surface area contributed by atoms with Gasteiger partial charge in [-0.15, -0.1) is 0 Å². The van der Waals surface area contributed by atoms with Crippen LogP contribution in [0.25, 0.3) is 0 Å². The van der Waals surface area contributed by atoms with Crippen molar-refractivity contribution in [3.05, 3.63) is 0 Å². The van der Waals surface area contributed by atoms with Crippen molar-refractivity contribution in [3.63, 3.8) is 0 Å². The lowest BCUT2D eigenvalue weighted by Gasteiger charge is -2.37. The molecule has 3 fully saturated rings. The maximum Gasteiger partial charge on any atom is -0.0363 e. The van der Waals surface area contributed by atoms with Gasteiger partial charge < -0.3 is 0 Å². The van der Waals surface area contributed by atoms with E-state index in [9.17, 15) is 0 Å². The second-order valence-corrected chi connectivity index (χ2v) is 7.45. The zero-order chi connectivity index (χ0) is 13.0. The maximum absolute atomic E-state index is 2.54. The van der Waals surface area contributed by atoms with Crippen molar-refractivity contribution in [2.45, 2.75) is 85.0 Å². The van der Waals surface area contributed by atoms with Gasteiger partial charge in [0.15, 0.2) is 0 Å². The summed E-state index contributed by atoms with van der Waals surface area (Å²) in [4.78, 5) is 0. The Bertz CT molecular complexity index is 218.